The minimum atomic E-state index is -0.268. The second-order valence-electron chi connectivity index (χ2n) is 7.86. The van der Waals surface area contributed by atoms with Crippen molar-refractivity contribution in [2.75, 3.05) is 0 Å². The molecule has 1 N–H and O–H groups in total. The van der Waals surface area contributed by atoms with E-state index in [4.69, 9.17) is 4.74 Å². The minimum absolute atomic E-state index is 0.191. The predicted octanol–water partition coefficient (Wildman–Crippen LogP) is 4.18. The van der Waals surface area contributed by atoms with Gasteiger partial charge in [-0.05, 0) is 48.4 Å². The molecule has 1 aromatic carbocycles. The van der Waals surface area contributed by atoms with Crippen LogP contribution in [0.5, 0.6) is 11.6 Å². The monoisotopic (exact) mass is 453 g/mol. The van der Waals surface area contributed by atoms with E-state index < -0.39 is 0 Å². The molecule has 8 heteroatoms. The number of hydrogen-bond acceptors (Lipinski definition) is 5. The van der Waals surface area contributed by atoms with E-state index in [1.54, 1.807) is 36.7 Å². The Balaban J connectivity index is 1.41. The summed E-state index contributed by atoms with van der Waals surface area (Å²) >= 11 is 0. The Kier molecular flexibility index (Phi) is 5.78. The predicted molar refractivity (Wildman–Crippen MR) is 129 cm³/mol. The molecular formula is C26H23N5O3. The van der Waals surface area contributed by atoms with Gasteiger partial charge in [0.2, 0.25) is 5.88 Å². The number of carbonyl (C=O) groups excluding carboxylic acids is 1. The molecule has 0 saturated carbocycles. The topological polar surface area (TPSA) is 90.5 Å². The van der Waals surface area contributed by atoms with Crippen LogP contribution in [0.2, 0.25) is 0 Å². The minimum Gasteiger partial charge on any atom is -0.439 e. The summed E-state index contributed by atoms with van der Waals surface area (Å²) in [6, 6.07) is 20.0. The lowest BCUT2D eigenvalue weighted by atomic mass is 10.2. The highest BCUT2D eigenvalue weighted by molar-refractivity contribution is 5.98. The molecule has 4 heterocycles. The maximum Gasteiger partial charge on any atom is 0.268 e. The first-order valence-electron chi connectivity index (χ1n) is 11.1. The van der Waals surface area contributed by atoms with Crippen molar-refractivity contribution < 1.29 is 9.53 Å². The third-order valence-electron chi connectivity index (χ3n) is 5.47. The van der Waals surface area contributed by atoms with Crippen molar-refractivity contribution in [2.45, 2.75) is 26.4 Å². The number of carbonyl (C=O) groups is 1. The number of nitrogens with zero attached hydrogens (tertiary/aromatic N) is 4. The van der Waals surface area contributed by atoms with Crippen molar-refractivity contribution in [2.24, 2.45) is 0 Å². The Morgan fingerprint density at radius 3 is 2.76 bits per heavy atom. The second-order valence-corrected chi connectivity index (χ2v) is 7.86. The lowest BCUT2D eigenvalue weighted by Crippen LogP contribution is -2.25. The Labute approximate surface area is 195 Å². The third kappa shape index (κ3) is 4.13. The molecular weight excluding hydrogens is 430 g/mol. The van der Waals surface area contributed by atoms with Gasteiger partial charge in [-0.15, -0.1) is 0 Å². The summed E-state index contributed by atoms with van der Waals surface area (Å²) < 4.78 is 9.09. The molecule has 8 nitrogen and oxygen atoms in total. The Bertz CT molecular complexity index is 1540. The first-order chi connectivity index (χ1) is 16.6. The number of benzene rings is 1. The Morgan fingerprint density at radius 1 is 1.06 bits per heavy atom. The number of rotatable bonds is 7. The van der Waals surface area contributed by atoms with Gasteiger partial charge < -0.3 is 14.6 Å². The van der Waals surface area contributed by atoms with E-state index in [0.29, 0.717) is 47.1 Å². The first kappa shape index (κ1) is 21.4. The highest BCUT2D eigenvalue weighted by atomic mass is 16.5. The zero-order valence-electron chi connectivity index (χ0n) is 18.6. The fourth-order valence-corrected chi connectivity index (χ4v) is 3.91. The number of ether oxygens (including phenoxy) is 1. The van der Waals surface area contributed by atoms with Gasteiger partial charge in [-0.3, -0.25) is 14.0 Å². The summed E-state index contributed by atoms with van der Waals surface area (Å²) in [5, 5.41) is 3.38. The number of aryl methyl sites for hydroxylation is 1. The summed E-state index contributed by atoms with van der Waals surface area (Å²) in [7, 11) is 0. The molecule has 0 bridgehead atoms. The highest BCUT2D eigenvalue weighted by Crippen LogP contribution is 2.21. The molecule has 0 aliphatic heterocycles. The highest BCUT2D eigenvalue weighted by Gasteiger charge is 2.19. The van der Waals surface area contributed by atoms with Crippen LogP contribution in [0.25, 0.3) is 16.7 Å². The quantitative estimate of drug-likeness (QED) is 0.399. The lowest BCUT2D eigenvalue weighted by molar-refractivity contribution is 0.0942. The summed E-state index contributed by atoms with van der Waals surface area (Å²) in [5.41, 5.74) is 2.17. The second kappa shape index (κ2) is 9.19. The van der Waals surface area contributed by atoms with Crippen molar-refractivity contribution in [1.29, 1.82) is 0 Å². The SMILES string of the molecule is CCCn1c(C(=O)NCc2cccc(Oc3ccccn3)c2)cc2c(=O)n3ccccc3nc21. The van der Waals surface area contributed by atoms with Gasteiger partial charge in [0.1, 0.15) is 22.7 Å². The molecule has 0 unspecified atom stereocenters. The van der Waals surface area contributed by atoms with Crippen LogP contribution in [0.15, 0.2) is 83.9 Å². The molecule has 1 amide bonds. The molecule has 0 radical (unpaired) electrons. The maximum atomic E-state index is 13.2. The fraction of sp³-hybridized carbons (Fsp3) is 0.154. The van der Waals surface area contributed by atoms with Gasteiger partial charge in [-0.1, -0.05) is 31.2 Å². The summed E-state index contributed by atoms with van der Waals surface area (Å²) in [4.78, 5) is 35.0. The van der Waals surface area contributed by atoms with Gasteiger partial charge in [0.15, 0.2) is 0 Å². The molecule has 5 rings (SSSR count). The number of nitrogens with one attached hydrogen (secondary N) is 1. The van der Waals surface area contributed by atoms with Crippen molar-refractivity contribution in [3.63, 3.8) is 0 Å². The molecule has 170 valence electrons. The van der Waals surface area contributed by atoms with Crippen LogP contribution in [-0.4, -0.2) is 24.8 Å². The standard InChI is InChI=1S/C26H23N5O3/c1-2-13-30-21(16-20-24(30)29-22-10-4-6-14-31(22)26(20)33)25(32)28-17-18-8-7-9-19(15-18)34-23-11-3-5-12-27-23/h3-12,14-16H,2,13,17H2,1H3,(H,28,32). The van der Waals surface area contributed by atoms with Crippen LogP contribution in [0.4, 0.5) is 0 Å². The van der Waals surface area contributed by atoms with Gasteiger partial charge in [0.05, 0.1) is 5.39 Å². The summed E-state index contributed by atoms with van der Waals surface area (Å²) in [6.07, 6.45) is 4.15. The molecule has 34 heavy (non-hydrogen) atoms. The average Bonchev–Trinajstić information content (AvgIpc) is 3.22. The van der Waals surface area contributed by atoms with Crippen LogP contribution >= 0.6 is 0 Å². The van der Waals surface area contributed by atoms with E-state index in [2.05, 4.69) is 15.3 Å². The number of amides is 1. The van der Waals surface area contributed by atoms with Crippen LogP contribution in [0.3, 0.4) is 0 Å². The first-order valence-corrected chi connectivity index (χ1v) is 11.1. The van der Waals surface area contributed by atoms with Gasteiger partial charge in [-0.2, -0.15) is 0 Å². The van der Waals surface area contributed by atoms with Crippen molar-refractivity contribution in [3.8, 4) is 11.6 Å². The van der Waals surface area contributed by atoms with Crippen LogP contribution in [0, 0.1) is 0 Å². The smallest absolute Gasteiger partial charge is 0.268 e. The lowest BCUT2D eigenvalue weighted by Gasteiger charge is -2.11. The van der Waals surface area contributed by atoms with Crippen molar-refractivity contribution >= 4 is 22.6 Å². The number of aromatic nitrogens is 4. The van der Waals surface area contributed by atoms with Crippen LogP contribution < -0.4 is 15.6 Å². The molecule has 5 aromatic rings. The van der Waals surface area contributed by atoms with E-state index in [0.717, 1.165) is 12.0 Å². The molecule has 0 saturated heterocycles. The summed E-state index contributed by atoms with van der Waals surface area (Å²) in [6.45, 7) is 2.91. The average molecular weight is 454 g/mol. The Hall–Kier alpha value is -4.46. The van der Waals surface area contributed by atoms with Gasteiger partial charge >= 0.3 is 0 Å². The zero-order chi connectivity index (χ0) is 23.5. The van der Waals surface area contributed by atoms with Crippen molar-refractivity contribution in [1.82, 2.24) is 24.3 Å². The van der Waals surface area contributed by atoms with E-state index >= 15 is 0 Å². The van der Waals surface area contributed by atoms with Crippen LogP contribution in [-0.2, 0) is 13.1 Å². The zero-order valence-corrected chi connectivity index (χ0v) is 18.6. The number of fused-ring (bicyclic) bond motifs is 2. The van der Waals surface area contributed by atoms with E-state index in [1.165, 1.54) is 4.40 Å². The van der Waals surface area contributed by atoms with Crippen LogP contribution in [0.1, 0.15) is 29.4 Å². The van der Waals surface area contributed by atoms with E-state index in [9.17, 15) is 9.59 Å². The Morgan fingerprint density at radius 2 is 1.94 bits per heavy atom. The normalized spacial score (nSPS) is 11.1. The third-order valence-corrected chi connectivity index (χ3v) is 5.47. The van der Waals surface area contributed by atoms with Crippen molar-refractivity contribution in [3.05, 3.63) is 101 Å². The molecule has 0 spiro atoms. The fourth-order valence-electron chi connectivity index (χ4n) is 3.91. The molecule has 0 atom stereocenters. The summed E-state index contributed by atoms with van der Waals surface area (Å²) in [5.74, 6) is 0.865. The molecule has 0 aliphatic rings. The largest absolute Gasteiger partial charge is 0.439 e. The van der Waals surface area contributed by atoms with Gasteiger partial charge in [0.25, 0.3) is 11.5 Å². The van der Waals surface area contributed by atoms with Gasteiger partial charge in [-0.25, -0.2) is 9.97 Å². The number of pyridine rings is 2. The molecule has 0 aliphatic carbocycles. The van der Waals surface area contributed by atoms with Gasteiger partial charge in [0, 0.05) is 31.5 Å². The number of hydrogen-bond donors (Lipinski definition) is 1. The van der Waals surface area contributed by atoms with E-state index in [-0.39, 0.29) is 11.5 Å². The molecule has 0 fully saturated rings. The maximum absolute atomic E-state index is 13.2. The van der Waals surface area contributed by atoms with E-state index in [1.807, 2.05) is 54.0 Å². The molecule has 4 aromatic heterocycles.